The molecular formula is C18H31N3. The fourth-order valence-electron chi connectivity index (χ4n) is 3.18. The summed E-state index contributed by atoms with van der Waals surface area (Å²) < 4.78 is 0. The molecule has 0 bridgehead atoms. The normalized spacial score (nSPS) is 17.2. The first-order valence-electron chi connectivity index (χ1n) is 8.69. The Hall–Kier alpha value is -0.930. The molecule has 0 radical (unpaired) electrons. The van der Waals surface area contributed by atoms with Crippen LogP contribution in [-0.4, -0.2) is 29.5 Å². The highest BCUT2D eigenvalue weighted by molar-refractivity contribution is 5.11. The molecule has 0 spiro atoms. The fourth-order valence-corrected chi connectivity index (χ4v) is 3.18. The molecule has 1 aromatic rings. The molecule has 3 heteroatoms. The Labute approximate surface area is 130 Å². The second kappa shape index (κ2) is 9.16. The molecule has 1 fully saturated rings. The van der Waals surface area contributed by atoms with E-state index in [4.69, 9.17) is 4.98 Å². The number of likely N-dealkylation sites (tertiary alicyclic amines) is 1. The maximum atomic E-state index is 4.79. The molecule has 1 N–H and O–H groups in total. The zero-order valence-corrected chi connectivity index (χ0v) is 13.8. The summed E-state index contributed by atoms with van der Waals surface area (Å²) in [5.74, 6) is 0.962. The van der Waals surface area contributed by atoms with Crippen LogP contribution in [0, 0.1) is 5.92 Å². The average molecular weight is 289 g/mol. The van der Waals surface area contributed by atoms with E-state index in [0.717, 1.165) is 25.6 Å². The van der Waals surface area contributed by atoms with Gasteiger partial charge in [-0.25, -0.2) is 0 Å². The van der Waals surface area contributed by atoms with E-state index < -0.39 is 0 Å². The quantitative estimate of drug-likeness (QED) is 0.741. The van der Waals surface area contributed by atoms with Crippen LogP contribution in [0.4, 0.5) is 0 Å². The van der Waals surface area contributed by atoms with Crippen molar-refractivity contribution in [2.24, 2.45) is 5.92 Å². The molecule has 1 aliphatic rings. The Morgan fingerprint density at radius 2 is 1.90 bits per heavy atom. The molecule has 1 aliphatic heterocycles. The largest absolute Gasteiger partial charge is 0.311 e. The van der Waals surface area contributed by atoms with Gasteiger partial charge < -0.3 is 5.32 Å². The Bertz CT molecular complexity index is 397. The Balaban J connectivity index is 1.79. The van der Waals surface area contributed by atoms with Crippen LogP contribution in [0.3, 0.4) is 0 Å². The average Bonchev–Trinajstić information content (AvgIpc) is 2.50. The lowest BCUT2D eigenvalue weighted by molar-refractivity contribution is 0.170. The SMILES string of the molecule is CCCNCc1cccc(CN2CCC(CCC)CC2)n1. The number of rotatable bonds is 8. The van der Waals surface area contributed by atoms with Gasteiger partial charge in [0, 0.05) is 13.1 Å². The van der Waals surface area contributed by atoms with Gasteiger partial charge in [-0.2, -0.15) is 0 Å². The van der Waals surface area contributed by atoms with Crippen LogP contribution in [0.2, 0.25) is 0 Å². The van der Waals surface area contributed by atoms with Crippen LogP contribution in [0.5, 0.6) is 0 Å². The highest BCUT2D eigenvalue weighted by atomic mass is 15.1. The molecule has 0 unspecified atom stereocenters. The molecule has 0 saturated carbocycles. The van der Waals surface area contributed by atoms with E-state index in [2.05, 4.69) is 42.3 Å². The van der Waals surface area contributed by atoms with Gasteiger partial charge in [0.05, 0.1) is 11.4 Å². The lowest BCUT2D eigenvalue weighted by atomic mass is 9.92. The third kappa shape index (κ3) is 5.76. The number of nitrogens with one attached hydrogen (secondary N) is 1. The number of aromatic nitrogens is 1. The van der Waals surface area contributed by atoms with E-state index in [-0.39, 0.29) is 0 Å². The second-order valence-electron chi connectivity index (χ2n) is 6.31. The van der Waals surface area contributed by atoms with Gasteiger partial charge in [0.25, 0.3) is 0 Å². The summed E-state index contributed by atoms with van der Waals surface area (Å²) in [6, 6.07) is 6.44. The molecule has 0 amide bonds. The molecule has 2 heterocycles. The van der Waals surface area contributed by atoms with E-state index in [1.54, 1.807) is 0 Å². The van der Waals surface area contributed by atoms with Gasteiger partial charge in [0.2, 0.25) is 0 Å². The summed E-state index contributed by atoms with van der Waals surface area (Å²) in [5, 5.41) is 3.43. The molecule has 1 aromatic heterocycles. The zero-order valence-electron chi connectivity index (χ0n) is 13.8. The van der Waals surface area contributed by atoms with Gasteiger partial charge in [-0.1, -0.05) is 32.8 Å². The molecule has 0 aromatic carbocycles. The van der Waals surface area contributed by atoms with Gasteiger partial charge in [0.1, 0.15) is 0 Å². The van der Waals surface area contributed by atoms with Crippen molar-refractivity contribution < 1.29 is 0 Å². The Morgan fingerprint density at radius 1 is 1.14 bits per heavy atom. The molecular weight excluding hydrogens is 258 g/mol. The number of piperidine rings is 1. The molecule has 21 heavy (non-hydrogen) atoms. The summed E-state index contributed by atoms with van der Waals surface area (Å²) in [7, 11) is 0. The Kier molecular flexibility index (Phi) is 7.17. The maximum absolute atomic E-state index is 4.79. The van der Waals surface area contributed by atoms with Gasteiger partial charge in [-0.3, -0.25) is 9.88 Å². The minimum Gasteiger partial charge on any atom is -0.311 e. The van der Waals surface area contributed by atoms with E-state index in [1.165, 1.54) is 56.6 Å². The predicted molar refractivity (Wildman–Crippen MR) is 89.1 cm³/mol. The van der Waals surface area contributed by atoms with Crippen molar-refractivity contribution in [1.29, 1.82) is 0 Å². The minimum absolute atomic E-state index is 0.889. The number of pyridine rings is 1. The van der Waals surface area contributed by atoms with Gasteiger partial charge in [0.15, 0.2) is 0 Å². The van der Waals surface area contributed by atoms with Crippen molar-refractivity contribution in [2.75, 3.05) is 19.6 Å². The lowest BCUT2D eigenvalue weighted by Gasteiger charge is -2.31. The first-order chi connectivity index (χ1) is 10.3. The van der Waals surface area contributed by atoms with Gasteiger partial charge in [-0.05, 0) is 56.9 Å². The fraction of sp³-hybridized carbons (Fsp3) is 0.722. The molecule has 118 valence electrons. The van der Waals surface area contributed by atoms with E-state index in [9.17, 15) is 0 Å². The first kappa shape index (κ1) is 16.4. The van der Waals surface area contributed by atoms with E-state index in [0.29, 0.717) is 0 Å². The molecule has 2 rings (SSSR count). The molecule has 3 nitrogen and oxygen atoms in total. The zero-order chi connectivity index (χ0) is 14.9. The number of hydrogen-bond donors (Lipinski definition) is 1. The van der Waals surface area contributed by atoms with Gasteiger partial charge >= 0.3 is 0 Å². The lowest BCUT2D eigenvalue weighted by Crippen LogP contribution is -2.33. The van der Waals surface area contributed by atoms with Crippen molar-refractivity contribution in [3.8, 4) is 0 Å². The third-order valence-electron chi connectivity index (χ3n) is 4.39. The van der Waals surface area contributed by atoms with Crippen LogP contribution in [0.15, 0.2) is 18.2 Å². The Morgan fingerprint density at radius 3 is 2.62 bits per heavy atom. The highest BCUT2D eigenvalue weighted by Gasteiger charge is 2.18. The van der Waals surface area contributed by atoms with Crippen molar-refractivity contribution in [2.45, 2.75) is 59.0 Å². The van der Waals surface area contributed by atoms with Crippen LogP contribution in [0.25, 0.3) is 0 Å². The smallest absolute Gasteiger partial charge is 0.0547 e. The first-order valence-corrected chi connectivity index (χ1v) is 8.69. The van der Waals surface area contributed by atoms with E-state index >= 15 is 0 Å². The monoisotopic (exact) mass is 289 g/mol. The third-order valence-corrected chi connectivity index (χ3v) is 4.39. The number of nitrogens with zero attached hydrogens (tertiary/aromatic N) is 2. The summed E-state index contributed by atoms with van der Waals surface area (Å²) >= 11 is 0. The summed E-state index contributed by atoms with van der Waals surface area (Å²) in [5.41, 5.74) is 2.39. The van der Waals surface area contributed by atoms with Crippen molar-refractivity contribution >= 4 is 0 Å². The summed E-state index contributed by atoms with van der Waals surface area (Å²) in [4.78, 5) is 7.36. The van der Waals surface area contributed by atoms with Crippen LogP contribution >= 0.6 is 0 Å². The summed E-state index contributed by atoms with van der Waals surface area (Å²) in [6.45, 7) is 9.94. The van der Waals surface area contributed by atoms with Crippen LogP contribution < -0.4 is 5.32 Å². The standard InChI is InChI=1S/C18H31N3/c1-3-6-16-9-12-21(13-10-16)15-18-8-5-7-17(20-18)14-19-11-4-2/h5,7-8,16,19H,3-4,6,9-15H2,1-2H3. The van der Waals surface area contributed by atoms with Crippen molar-refractivity contribution in [3.05, 3.63) is 29.6 Å². The summed E-state index contributed by atoms with van der Waals surface area (Å²) in [6.07, 6.45) is 6.65. The van der Waals surface area contributed by atoms with Gasteiger partial charge in [-0.15, -0.1) is 0 Å². The highest BCUT2D eigenvalue weighted by Crippen LogP contribution is 2.22. The predicted octanol–water partition coefficient (Wildman–Crippen LogP) is 3.59. The van der Waals surface area contributed by atoms with E-state index in [1.807, 2.05) is 0 Å². The van der Waals surface area contributed by atoms with Crippen LogP contribution in [-0.2, 0) is 13.1 Å². The van der Waals surface area contributed by atoms with Crippen molar-refractivity contribution in [1.82, 2.24) is 15.2 Å². The molecule has 0 atom stereocenters. The minimum atomic E-state index is 0.889. The second-order valence-corrected chi connectivity index (χ2v) is 6.31. The van der Waals surface area contributed by atoms with Crippen molar-refractivity contribution in [3.63, 3.8) is 0 Å². The number of hydrogen-bond acceptors (Lipinski definition) is 3. The topological polar surface area (TPSA) is 28.2 Å². The maximum Gasteiger partial charge on any atom is 0.0547 e. The molecule has 0 aliphatic carbocycles. The molecule has 1 saturated heterocycles. The van der Waals surface area contributed by atoms with Crippen LogP contribution in [0.1, 0.15) is 57.3 Å².